The fourth-order valence-corrected chi connectivity index (χ4v) is 2.90. The van der Waals surface area contributed by atoms with Crippen LogP contribution >= 0.6 is 0 Å². The van der Waals surface area contributed by atoms with Gasteiger partial charge < -0.3 is 9.47 Å². The SMILES string of the molecule is C=CCOc1ccccc1S(=O)(=O)NC(=O)Nc1nc(C)nc(OC)n1. The van der Waals surface area contributed by atoms with Gasteiger partial charge in [0.2, 0.25) is 5.95 Å². The van der Waals surface area contributed by atoms with E-state index in [1.807, 2.05) is 4.72 Å². The molecule has 0 bridgehead atoms. The topological polar surface area (TPSA) is 132 Å². The van der Waals surface area contributed by atoms with Crippen LogP contribution in [0.2, 0.25) is 0 Å². The van der Waals surface area contributed by atoms with E-state index in [9.17, 15) is 13.2 Å². The van der Waals surface area contributed by atoms with Crippen molar-refractivity contribution in [2.45, 2.75) is 11.8 Å². The van der Waals surface area contributed by atoms with E-state index in [1.54, 1.807) is 13.0 Å². The predicted octanol–water partition coefficient (Wildman–Crippen LogP) is 1.26. The molecular weight excluding hydrogens is 362 g/mol. The van der Waals surface area contributed by atoms with Crippen LogP contribution in [-0.2, 0) is 10.0 Å². The summed E-state index contributed by atoms with van der Waals surface area (Å²) >= 11 is 0. The highest BCUT2D eigenvalue weighted by Crippen LogP contribution is 2.23. The van der Waals surface area contributed by atoms with E-state index in [-0.39, 0.29) is 35.0 Å². The zero-order valence-corrected chi connectivity index (χ0v) is 14.9. The molecule has 2 aromatic rings. The van der Waals surface area contributed by atoms with E-state index in [2.05, 4.69) is 26.8 Å². The van der Waals surface area contributed by atoms with E-state index >= 15 is 0 Å². The fraction of sp³-hybridized carbons (Fsp3) is 0.200. The van der Waals surface area contributed by atoms with Crippen LogP contribution in [0.4, 0.5) is 10.7 Å². The minimum atomic E-state index is -4.19. The number of methoxy groups -OCH3 is 1. The molecule has 0 radical (unpaired) electrons. The molecule has 0 spiro atoms. The monoisotopic (exact) mass is 379 g/mol. The minimum absolute atomic E-state index is 0.0150. The molecule has 2 amide bonds. The number of rotatable bonds is 7. The van der Waals surface area contributed by atoms with E-state index in [0.29, 0.717) is 0 Å². The summed E-state index contributed by atoms with van der Waals surface area (Å²) in [7, 11) is -2.84. The quantitative estimate of drug-likeness (QED) is 0.687. The maximum absolute atomic E-state index is 12.5. The van der Waals surface area contributed by atoms with Crippen molar-refractivity contribution in [2.24, 2.45) is 0 Å². The van der Waals surface area contributed by atoms with Gasteiger partial charge in [0.05, 0.1) is 7.11 Å². The molecule has 1 aromatic heterocycles. The number of ether oxygens (including phenoxy) is 2. The first-order valence-corrected chi connectivity index (χ1v) is 8.77. The number of nitrogens with one attached hydrogen (secondary N) is 2. The predicted molar refractivity (Wildman–Crippen MR) is 92.6 cm³/mol. The molecule has 0 fully saturated rings. The minimum Gasteiger partial charge on any atom is -0.488 e. The number of aryl methyl sites for hydroxylation is 1. The number of nitrogens with zero attached hydrogens (tertiary/aromatic N) is 3. The Balaban J connectivity index is 2.18. The van der Waals surface area contributed by atoms with Crippen LogP contribution < -0.4 is 19.5 Å². The first kappa shape index (κ1) is 19.1. The molecule has 0 aliphatic rings. The van der Waals surface area contributed by atoms with Gasteiger partial charge >= 0.3 is 12.0 Å². The number of amides is 2. The number of carbonyl (C=O) groups is 1. The van der Waals surface area contributed by atoms with Crippen LogP contribution in [0.1, 0.15) is 5.82 Å². The van der Waals surface area contributed by atoms with Crippen molar-refractivity contribution in [3.05, 3.63) is 42.7 Å². The third kappa shape index (κ3) is 4.89. The van der Waals surface area contributed by atoms with Crippen molar-refractivity contribution < 1.29 is 22.7 Å². The van der Waals surface area contributed by atoms with Crippen molar-refractivity contribution in [2.75, 3.05) is 19.0 Å². The number of urea groups is 1. The fourth-order valence-electron chi connectivity index (χ4n) is 1.85. The van der Waals surface area contributed by atoms with Crippen molar-refractivity contribution in [3.63, 3.8) is 0 Å². The van der Waals surface area contributed by atoms with E-state index < -0.39 is 16.1 Å². The average Bonchev–Trinajstić information content (AvgIpc) is 2.59. The summed E-state index contributed by atoms with van der Waals surface area (Å²) in [6, 6.07) is 4.83. The average molecular weight is 379 g/mol. The van der Waals surface area contributed by atoms with Crippen LogP contribution in [0.15, 0.2) is 41.8 Å². The highest BCUT2D eigenvalue weighted by Gasteiger charge is 2.22. The molecule has 10 nitrogen and oxygen atoms in total. The Morgan fingerprint density at radius 2 is 2.00 bits per heavy atom. The second-order valence-corrected chi connectivity index (χ2v) is 6.45. The molecule has 2 N–H and O–H groups in total. The van der Waals surface area contributed by atoms with Gasteiger partial charge in [0, 0.05) is 0 Å². The van der Waals surface area contributed by atoms with Crippen molar-refractivity contribution in [1.82, 2.24) is 19.7 Å². The summed E-state index contributed by atoms with van der Waals surface area (Å²) in [5, 5.41) is 2.22. The second-order valence-electron chi connectivity index (χ2n) is 4.80. The Labute approximate surface area is 150 Å². The lowest BCUT2D eigenvalue weighted by atomic mass is 10.3. The van der Waals surface area contributed by atoms with Gasteiger partial charge in [0.1, 0.15) is 23.1 Å². The zero-order valence-electron chi connectivity index (χ0n) is 14.1. The van der Waals surface area contributed by atoms with Gasteiger partial charge in [-0.15, -0.1) is 0 Å². The summed E-state index contributed by atoms with van der Waals surface area (Å²) < 4.78 is 36.9. The molecule has 138 valence electrons. The molecule has 1 heterocycles. The lowest BCUT2D eigenvalue weighted by Gasteiger charge is -2.12. The molecule has 0 aliphatic carbocycles. The number of para-hydroxylation sites is 1. The first-order chi connectivity index (χ1) is 12.4. The number of hydrogen-bond acceptors (Lipinski definition) is 8. The Morgan fingerprint density at radius 1 is 1.27 bits per heavy atom. The normalized spacial score (nSPS) is 10.7. The number of hydrogen-bond donors (Lipinski definition) is 2. The smallest absolute Gasteiger partial charge is 0.335 e. The molecule has 26 heavy (non-hydrogen) atoms. The maximum atomic E-state index is 12.5. The molecule has 0 aliphatic heterocycles. The summed E-state index contributed by atoms with van der Waals surface area (Å²) in [6.07, 6.45) is 1.47. The van der Waals surface area contributed by atoms with E-state index in [4.69, 9.17) is 9.47 Å². The van der Waals surface area contributed by atoms with Gasteiger partial charge in [-0.25, -0.2) is 17.9 Å². The summed E-state index contributed by atoms with van der Waals surface area (Å²) in [4.78, 5) is 23.4. The van der Waals surface area contributed by atoms with Gasteiger partial charge in [0.15, 0.2) is 0 Å². The van der Waals surface area contributed by atoms with Crippen molar-refractivity contribution in [3.8, 4) is 11.8 Å². The van der Waals surface area contributed by atoms with E-state index in [1.165, 1.54) is 31.4 Å². The Kier molecular flexibility index (Phi) is 6.07. The number of carbonyl (C=O) groups excluding carboxylic acids is 1. The Bertz CT molecular complexity index is 916. The van der Waals surface area contributed by atoms with Gasteiger partial charge in [-0.2, -0.15) is 15.0 Å². The van der Waals surface area contributed by atoms with Crippen molar-refractivity contribution >= 4 is 22.0 Å². The molecule has 0 saturated carbocycles. The number of sulfonamides is 1. The first-order valence-electron chi connectivity index (χ1n) is 7.29. The Morgan fingerprint density at radius 3 is 2.69 bits per heavy atom. The maximum Gasteiger partial charge on any atom is 0.335 e. The largest absolute Gasteiger partial charge is 0.488 e. The van der Waals surface area contributed by atoms with Crippen LogP contribution in [0.3, 0.4) is 0 Å². The third-order valence-electron chi connectivity index (χ3n) is 2.86. The lowest BCUT2D eigenvalue weighted by Crippen LogP contribution is -2.35. The van der Waals surface area contributed by atoms with Crippen LogP contribution in [0, 0.1) is 6.92 Å². The number of benzene rings is 1. The second kappa shape index (κ2) is 8.25. The van der Waals surface area contributed by atoms with Gasteiger partial charge in [0.25, 0.3) is 10.0 Å². The molecule has 0 unspecified atom stereocenters. The van der Waals surface area contributed by atoms with Gasteiger partial charge in [-0.1, -0.05) is 24.8 Å². The number of aromatic nitrogens is 3. The molecule has 2 rings (SSSR count). The highest BCUT2D eigenvalue weighted by molar-refractivity contribution is 7.90. The Hall–Kier alpha value is -3.21. The zero-order chi connectivity index (χ0) is 19.2. The standard InChI is InChI=1S/C15H17N5O5S/c1-4-9-25-11-7-5-6-8-12(11)26(22,23)20-14(21)18-13-16-10(2)17-15(19-13)24-3/h4-8H,1,9H2,2-3H3,(H2,16,17,18,19,20,21). The van der Waals surface area contributed by atoms with Crippen LogP contribution in [-0.4, -0.2) is 43.1 Å². The van der Waals surface area contributed by atoms with E-state index in [0.717, 1.165) is 0 Å². The molecule has 11 heteroatoms. The lowest BCUT2D eigenvalue weighted by molar-refractivity contribution is 0.256. The summed E-state index contributed by atoms with van der Waals surface area (Å²) in [6.45, 7) is 5.18. The number of anilines is 1. The molecular formula is C15H17N5O5S. The summed E-state index contributed by atoms with van der Waals surface area (Å²) in [5.41, 5.74) is 0. The van der Waals surface area contributed by atoms with Crippen molar-refractivity contribution in [1.29, 1.82) is 0 Å². The molecule has 0 atom stereocenters. The van der Waals surface area contributed by atoms with Gasteiger partial charge in [-0.05, 0) is 19.1 Å². The molecule has 1 aromatic carbocycles. The van der Waals surface area contributed by atoms with Gasteiger partial charge in [-0.3, -0.25) is 5.32 Å². The highest BCUT2D eigenvalue weighted by atomic mass is 32.2. The third-order valence-corrected chi connectivity index (χ3v) is 4.23. The van der Waals surface area contributed by atoms with Crippen LogP contribution in [0.5, 0.6) is 11.8 Å². The molecule has 0 saturated heterocycles. The summed E-state index contributed by atoms with van der Waals surface area (Å²) in [5.74, 6) is 0.224. The van der Waals surface area contributed by atoms with Crippen LogP contribution in [0.25, 0.3) is 0 Å².